The van der Waals surface area contributed by atoms with Gasteiger partial charge in [-0.05, 0) is 32.0 Å². The van der Waals surface area contributed by atoms with Crippen LogP contribution in [0.4, 0.5) is 10.1 Å². The molecule has 1 heterocycles. The second kappa shape index (κ2) is 6.97. The molecule has 23 heavy (non-hydrogen) atoms. The van der Waals surface area contributed by atoms with Gasteiger partial charge in [-0.25, -0.2) is 4.39 Å². The van der Waals surface area contributed by atoms with Crippen LogP contribution in [0, 0.1) is 12.7 Å². The molecule has 0 aliphatic heterocycles. The van der Waals surface area contributed by atoms with Gasteiger partial charge in [0.15, 0.2) is 0 Å². The largest absolute Gasteiger partial charge is 0.334 e. The van der Waals surface area contributed by atoms with E-state index in [4.69, 9.17) is 17.4 Å². The minimum atomic E-state index is -0.637. The topological polar surface area (TPSA) is 103 Å². The summed E-state index contributed by atoms with van der Waals surface area (Å²) in [6.07, 6.45) is 0. The molecule has 0 aliphatic carbocycles. The van der Waals surface area contributed by atoms with Crippen molar-refractivity contribution < 1.29 is 9.18 Å². The van der Waals surface area contributed by atoms with Crippen LogP contribution in [0.3, 0.4) is 0 Å². The van der Waals surface area contributed by atoms with E-state index in [1.165, 1.54) is 19.1 Å². The molecule has 0 unspecified atom stereocenters. The minimum Gasteiger partial charge on any atom is -0.334 e. The highest BCUT2D eigenvalue weighted by molar-refractivity contribution is 8.00. The van der Waals surface area contributed by atoms with E-state index in [0.29, 0.717) is 0 Å². The Hall–Kier alpha value is -2.13. The van der Waals surface area contributed by atoms with Crippen LogP contribution in [0.1, 0.15) is 12.6 Å². The number of aryl methyl sites for hydroxylation is 1. The van der Waals surface area contributed by atoms with Crippen molar-refractivity contribution in [3.8, 4) is 0 Å². The Morgan fingerprint density at radius 1 is 1.48 bits per heavy atom. The van der Waals surface area contributed by atoms with E-state index in [2.05, 4.69) is 15.5 Å². The highest BCUT2D eigenvalue weighted by atomic mass is 35.5. The van der Waals surface area contributed by atoms with Gasteiger partial charge in [-0.15, -0.1) is 10.2 Å². The Kier molecular flexibility index (Phi) is 5.22. The number of nitrogens with one attached hydrogen (secondary N) is 1. The quantitative estimate of drug-likeness (QED) is 0.636. The number of anilines is 1. The fraction of sp³-hybridized carbons (Fsp3) is 0.231. The second-order valence-electron chi connectivity index (χ2n) is 4.62. The molecule has 2 aromatic rings. The zero-order valence-corrected chi connectivity index (χ0v) is 13.8. The average Bonchev–Trinajstić information content (AvgIpc) is 2.50. The maximum atomic E-state index is 13.0. The van der Waals surface area contributed by atoms with Crippen LogP contribution in [0.5, 0.6) is 0 Å². The Morgan fingerprint density at radius 2 is 2.17 bits per heavy atom. The first-order chi connectivity index (χ1) is 10.8. The van der Waals surface area contributed by atoms with Gasteiger partial charge >= 0.3 is 0 Å². The SMILES string of the molecule is Cc1nnc(S[C@H](C)C(=O)Nc2ccc(F)cc2Cl)n(N)c1=O. The lowest BCUT2D eigenvalue weighted by Gasteiger charge is -2.13. The van der Waals surface area contributed by atoms with Crippen LogP contribution in [0.2, 0.25) is 5.02 Å². The first kappa shape index (κ1) is 17.2. The lowest BCUT2D eigenvalue weighted by Crippen LogP contribution is -2.33. The zero-order chi connectivity index (χ0) is 17.1. The molecule has 0 fully saturated rings. The number of amides is 1. The second-order valence-corrected chi connectivity index (χ2v) is 6.33. The number of carbonyl (C=O) groups is 1. The van der Waals surface area contributed by atoms with Crippen LogP contribution >= 0.6 is 23.4 Å². The summed E-state index contributed by atoms with van der Waals surface area (Å²) in [5.74, 6) is 4.70. The van der Waals surface area contributed by atoms with Crippen molar-refractivity contribution in [2.24, 2.45) is 0 Å². The van der Waals surface area contributed by atoms with E-state index >= 15 is 0 Å². The number of aromatic nitrogens is 3. The van der Waals surface area contributed by atoms with Gasteiger partial charge in [0.1, 0.15) is 11.5 Å². The Balaban J connectivity index is 2.11. The van der Waals surface area contributed by atoms with Gasteiger partial charge in [0.05, 0.1) is 16.0 Å². The Morgan fingerprint density at radius 3 is 2.83 bits per heavy atom. The molecular formula is C13H13ClFN5O2S. The standard InChI is InChI=1S/C13H13ClFN5O2S/c1-6-12(22)20(16)13(19-18-6)23-7(2)11(21)17-10-4-3-8(15)5-9(10)14/h3-5,7H,16H2,1-2H3,(H,17,21)/t7-/m1/s1. The lowest BCUT2D eigenvalue weighted by atomic mass is 10.3. The first-order valence-electron chi connectivity index (χ1n) is 6.43. The molecule has 0 saturated carbocycles. The van der Waals surface area contributed by atoms with Crippen molar-refractivity contribution in [3.05, 3.63) is 45.1 Å². The predicted octanol–water partition coefficient (Wildman–Crippen LogP) is 1.57. The van der Waals surface area contributed by atoms with Crippen LogP contribution in [0.15, 0.2) is 28.2 Å². The number of carbonyl (C=O) groups excluding carboxylic acids is 1. The van der Waals surface area contributed by atoms with Gasteiger partial charge in [-0.2, -0.15) is 4.68 Å². The molecule has 2 rings (SSSR count). The summed E-state index contributed by atoms with van der Waals surface area (Å²) in [4.78, 5) is 23.8. The highest BCUT2D eigenvalue weighted by Gasteiger charge is 2.19. The van der Waals surface area contributed by atoms with Gasteiger partial charge in [-0.3, -0.25) is 9.59 Å². The molecule has 1 aromatic carbocycles. The summed E-state index contributed by atoms with van der Waals surface area (Å²) in [6, 6.07) is 3.64. The fourth-order valence-electron chi connectivity index (χ4n) is 1.59. The predicted molar refractivity (Wildman–Crippen MR) is 86.5 cm³/mol. The van der Waals surface area contributed by atoms with Crippen molar-refractivity contribution >= 4 is 35.0 Å². The number of nitrogen functional groups attached to an aromatic ring is 1. The van der Waals surface area contributed by atoms with E-state index in [-0.39, 0.29) is 21.6 Å². The Bertz CT molecular complexity index is 813. The van der Waals surface area contributed by atoms with E-state index < -0.39 is 22.5 Å². The number of nitrogens with zero attached hydrogens (tertiary/aromatic N) is 3. The molecule has 0 aliphatic rings. The number of hydrogen-bond acceptors (Lipinski definition) is 6. The first-order valence-corrected chi connectivity index (χ1v) is 7.69. The van der Waals surface area contributed by atoms with E-state index in [1.807, 2.05) is 0 Å². The van der Waals surface area contributed by atoms with Crippen LogP contribution in [0.25, 0.3) is 0 Å². The third kappa shape index (κ3) is 3.99. The van der Waals surface area contributed by atoms with Gasteiger partial charge < -0.3 is 11.2 Å². The molecule has 1 aromatic heterocycles. The smallest absolute Gasteiger partial charge is 0.294 e. The summed E-state index contributed by atoms with van der Waals surface area (Å²) >= 11 is 6.82. The zero-order valence-electron chi connectivity index (χ0n) is 12.2. The highest BCUT2D eigenvalue weighted by Crippen LogP contribution is 2.25. The molecule has 1 atom stereocenters. The summed E-state index contributed by atoms with van der Waals surface area (Å²) < 4.78 is 13.8. The molecule has 0 bridgehead atoms. The van der Waals surface area contributed by atoms with E-state index in [0.717, 1.165) is 22.5 Å². The molecule has 7 nitrogen and oxygen atoms in total. The van der Waals surface area contributed by atoms with Crippen LogP contribution in [-0.2, 0) is 4.79 Å². The van der Waals surface area contributed by atoms with Gasteiger partial charge in [0.2, 0.25) is 11.1 Å². The minimum absolute atomic E-state index is 0.0846. The lowest BCUT2D eigenvalue weighted by molar-refractivity contribution is -0.115. The summed E-state index contributed by atoms with van der Waals surface area (Å²) in [5, 5.41) is 9.59. The number of benzene rings is 1. The summed E-state index contributed by atoms with van der Waals surface area (Å²) in [7, 11) is 0. The number of nitrogens with two attached hydrogens (primary N) is 1. The van der Waals surface area contributed by atoms with E-state index in [9.17, 15) is 14.0 Å². The number of thioether (sulfide) groups is 1. The fourth-order valence-corrected chi connectivity index (χ4v) is 2.57. The Labute approximate surface area is 140 Å². The van der Waals surface area contributed by atoms with Crippen LogP contribution in [-0.4, -0.2) is 26.0 Å². The van der Waals surface area contributed by atoms with Gasteiger partial charge in [-0.1, -0.05) is 23.4 Å². The molecule has 0 spiro atoms. The number of hydrogen-bond donors (Lipinski definition) is 2. The number of rotatable bonds is 4. The van der Waals surface area contributed by atoms with Gasteiger partial charge in [0.25, 0.3) is 5.56 Å². The molecule has 10 heteroatoms. The van der Waals surface area contributed by atoms with Crippen molar-refractivity contribution in [1.82, 2.24) is 14.9 Å². The molecule has 0 saturated heterocycles. The third-order valence-electron chi connectivity index (χ3n) is 2.86. The molecule has 0 radical (unpaired) electrons. The average molecular weight is 358 g/mol. The van der Waals surface area contributed by atoms with Crippen molar-refractivity contribution in [2.75, 3.05) is 11.2 Å². The number of halogens is 2. The van der Waals surface area contributed by atoms with Crippen molar-refractivity contribution in [3.63, 3.8) is 0 Å². The van der Waals surface area contributed by atoms with Crippen LogP contribution < -0.4 is 16.7 Å². The molecule has 122 valence electrons. The maximum absolute atomic E-state index is 13.0. The molecule has 1 amide bonds. The van der Waals surface area contributed by atoms with Crippen molar-refractivity contribution in [2.45, 2.75) is 24.3 Å². The van der Waals surface area contributed by atoms with Crippen molar-refractivity contribution in [1.29, 1.82) is 0 Å². The summed E-state index contributed by atoms with van der Waals surface area (Å²) in [6.45, 7) is 3.09. The normalized spacial score (nSPS) is 12.0. The monoisotopic (exact) mass is 357 g/mol. The maximum Gasteiger partial charge on any atom is 0.294 e. The molecule has 3 N–H and O–H groups in total. The van der Waals surface area contributed by atoms with E-state index in [1.54, 1.807) is 6.92 Å². The van der Waals surface area contributed by atoms with Gasteiger partial charge in [0, 0.05) is 0 Å². The summed E-state index contributed by atoms with van der Waals surface area (Å²) in [5.41, 5.74) is -0.0469. The third-order valence-corrected chi connectivity index (χ3v) is 4.23. The molecular weight excluding hydrogens is 345 g/mol.